The maximum atomic E-state index is 10.6. The fourth-order valence-corrected chi connectivity index (χ4v) is 1.18. The Labute approximate surface area is 80.7 Å². The van der Waals surface area contributed by atoms with E-state index in [0.29, 0.717) is 10.7 Å². The van der Waals surface area contributed by atoms with E-state index in [1.54, 1.807) is 20.0 Å². The number of anilines is 1. The molecular formula is C8H9ClN2O2. The number of nitrogens with one attached hydrogen (secondary N) is 1. The van der Waals surface area contributed by atoms with Crippen molar-refractivity contribution in [2.24, 2.45) is 0 Å². The van der Waals surface area contributed by atoms with Crippen LogP contribution in [0.25, 0.3) is 0 Å². The van der Waals surface area contributed by atoms with Crippen molar-refractivity contribution in [2.75, 3.05) is 12.4 Å². The van der Waals surface area contributed by atoms with Crippen LogP contribution in [0.2, 0.25) is 5.02 Å². The average Bonchev–Trinajstić information content (AvgIpc) is 2.08. The molecule has 5 heteroatoms. The zero-order valence-corrected chi connectivity index (χ0v) is 8.05. The number of hydrogen-bond acceptors (Lipinski definition) is 3. The molecule has 0 saturated heterocycles. The Balaban J connectivity index is 3.33. The van der Waals surface area contributed by atoms with E-state index in [9.17, 15) is 10.1 Å². The summed E-state index contributed by atoms with van der Waals surface area (Å²) >= 11 is 5.75. The second kappa shape index (κ2) is 3.62. The van der Waals surface area contributed by atoms with E-state index in [2.05, 4.69) is 5.32 Å². The number of halogens is 1. The molecule has 0 heterocycles. The summed E-state index contributed by atoms with van der Waals surface area (Å²) in [5.41, 5.74) is 1.29. The van der Waals surface area contributed by atoms with Crippen LogP contribution >= 0.6 is 11.6 Å². The maximum Gasteiger partial charge on any atom is 0.293 e. The van der Waals surface area contributed by atoms with Crippen molar-refractivity contribution in [3.8, 4) is 0 Å². The first-order valence-corrected chi connectivity index (χ1v) is 4.06. The Morgan fingerprint density at radius 1 is 1.54 bits per heavy atom. The van der Waals surface area contributed by atoms with Crippen LogP contribution in [0, 0.1) is 17.0 Å². The van der Waals surface area contributed by atoms with E-state index in [-0.39, 0.29) is 5.69 Å². The van der Waals surface area contributed by atoms with Gasteiger partial charge in [-0.25, -0.2) is 0 Å². The van der Waals surface area contributed by atoms with E-state index in [4.69, 9.17) is 11.6 Å². The number of rotatable bonds is 2. The zero-order valence-electron chi connectivity index (χ0n) is 7.30. The second-order valence-corrected chi connectivity index (χ2v) is 3.03. The summed E-state index contributed by atoms with van der Waals surface area (Å²) in [6.07, 6.45) is 0. The van der Waals surface area contributed by atoms with Gasteiger partial charge in [0.2, 0.25) is 0 Å². The standard InChI is InChI=1S/C8H9ClN2O2/c1-5-3-7(10-2)8(11(12)13)4-6(5)9/h3-4,10H,1-2H3. The molecule has 0 fully saturated rings. The molecule has 0 aliphatic carbocycles. The lowest BCUT2D eigenvalue weighted by Crippen LogP contribution is -1.97. The Morgan fingerprint density at radius 3 is 2.62 bits per heavy atom. The number of nitrogens with zero attached hydrogens (tertiary/aromatic N) is 1. The summed E-state index contributed by atoms with van der Waals surface area (Å²) in [7, 11) is 1.63. The summed E-state index contributed by atoms with van der Waals surface area (Å²) in [6.45, 7) is 1.80. The predicted molar refractivity (Wildman–Crippen MR) is 52.4 cm³/mol. The third-order valence-corrected chi connectivity index (χ3v) is 2.15. The van der Waals surface area contributed by atoms with Gasteiger partial charge in [0.25, 0.3) is 5.69 Å². The van der Waals surface area contributed by atoms with Crippen molar-refractivity contribution in [3.05, 3.63) is 32.8 Å². The van der Waals surface area contributed by atoms with Gasteiger partial charge in [0, 0.05) is 13.1 Å². The average molecular weight is 201 g/mol. The molecule has 0 spiro atoms. The summed E-state index contributed by atoms with van der Waals surface area (Å²) in [5.74, 6) is 0. The molecule has 1 rings (SSSR count). The summed E-state index contributed by atoms with van der Waals surface area (Å²) < 4.78 is 0. The van der Waals surface area contributed by atoms with Gasteiger partial charge in [-0.1, -0.05) is 11.6 Å². The number of aryl methyl sites for hydroxylation is 1. The van der Waals surface area contributed by atoms with Crippen LogP contribution in [0.15, 0.2) is 12.1 Å². The van der Waals surface area contributed by atoms with Gasteiger partial charge >= 0.3 is 0 Å². The molecule has 0 amide bonds. The Morgan fingerprint density at radius 2 is 2.15 bits per heavy atom. The van der Waals surface area contributed by atoms with Gasteiger partial charge in [0.05, 0.1) is 9.95 Å². The van der Waals surface area contributed by atoms with Crippen LogP contribution in [0.1, 0.15) is 5.56 Å². The highest BCUT2D eigenvalue weighted by molar-refractivity contribution is 6.31. The predicted octanol–water partition coefficient (Wildman–Crippen LogP) is 2.60. The fraction of sp³-hybridized carbons (Fsp3) is 0.250. The van der Waals surface area contributed by atoms with Gasteiger partial charge in [-0.05, 0) is 18.6 Å². The zero-order chi connectivity index (χ0) is 10.0. The number of nitro benzene ring substituents is 1. The number of nitro groups is 1. The van der Waals surface area contributed by atoms with Crippen molar-refractivity contribution in [2.45, 2.75) is 6.92 Å². The lowest BCUT2D eigenvalue weighted by molar-refractivity contribution is -0.383. The molecule has 70 valence electrons. The molecule has 0 aliphatic rings. The molecule has 0 atom stereocenters. The molecule has 1 aromatic rings. The Bertz CT molecular complexity index is 352. The minimum Gasteiger partial charge on any atom is -0.383 e. The molecule has 0 aliphatic heterocycles. The van der Waals surface area contributed by atoms with Crippen molar-refractivity contribution in [3.63, 3.8) is 0 Å². The van der Waals surface area contributed by atoms with Crippen molar-refractivity contribution in [1.82, 2.24) is 0 Å². The van der Waals surface area contributed by atoms with Crippen molar-refractivity contribution in [1.29, 1.82) is 0 Å². The highest BCUT2D eigenvalue weighted by Gasteiger charge is 2.14. The molecule has 0 aromatic heterocycles. The van der Waals surface area contributed by atoms with E-state index in [0.717, 1.165) is 5.56 Å². The van der Waals surface area contributed by atoms with Crippen LogP contribution in [-0.4, -0.2) is 12.0 Å². The van der Waals surface area contributed by atoms with Gasteiger partial charge in [-0.2, -0.15) is 0 Å². The Kier molecular flexibility index (Phi) is 2.72. The third kappa shape index (κ3) is 1.89. The first-order valence-electron chi connectivity index (χ1n) is 3.68. The van der Waals surface area contributed by atoms with Crippen LogP contribution < -0.4 is 5.32 Å². The van der Waals surface area contributed by atoms with Crippen LogP contribution in [-0.2, 0) is 0 Å². The van der Waals surface area contributed by atoms with Gasteiger partial charge in [-0.3, -0.25) is 10.1 Å². The molecule has 13 heavy (non-hydrogen) atoms. The van der Waals surface area contributed by atoms with Crippen molar-refractivity contribution >= 4 is 23.0 Å². The highest BCUT2D eigenvalue weighted by atomic mass is 35.5. The molecule has 1 aromatic carbocycles. The maximum absolute atomic E-state index is 10.6. The van der Waals surface area contributed by atoms with Gasteiger partial charge in [0.1, 0.15) is 5.69 Å². The molecule has 0 bridgehead atoms. The van der Waals surface area contributed by atoms with Gasteiger partial charge < -0.3 is 5.32 Å². The lowest BCUT2D eigenvalue weighted by atomic mass is 10.2. The molecule has 4 nitrogen and oxygen atoms in total. The smallest absolute Gasteiger partial charge is 0.293 e. The summed E-state index contributed by atoms with van der Waals surface area (Å²) in [4.78, 5) is 10.1. The topological polar surface area (TPSA) is 55.2 Å². The number of benzene rings is 1. The van der Waals surface area contributed by atoms with Gasteiger partial charge in [0.15, 0.2) is 0 Å². The molecule has 0 unspecified atom stereocenters. The van der Waals surface area contributed by atoms with E-state index in [1.807, 2.05) is 0 Å². The molecular weight excluding hydrogens is 192 g/mol. The monoisotopic (exact) mass is 200 g/mol. The van der Waals surface area contributed by atoms with Gasteiger partial charge in [-0.15, -0.1) is 0 Å². The minimum absolute atomic E-state index is 0.00176. The van der Waals surface area contributed by atoms with Crippen molar-refractivity contribution < 1.29 is 4.92 Å². The Hall–Kier alpha value is -1.29. The van der Waals surface area contributed by atoms with E-state index < -0.39 is 4.92 Å². The molecule has 0 saturated carbocycles. The van der Waals surface area contributed by atoms with Crippen LogP contribution in [0.5, 0.6) is 0 Å². The first-order chi connectivity index (χ1) is 6.06. The SMILES string of the molecule is CNc1cc(C)c(Cl)cc1[N+](=O)[O-]. The highest BCUT2D eigenvalue weighted by Crippen LogP contribution is 2.30. The quantitative estimate of drug-likeness (QED) is 0.590. The fourth-order valence-electron chi connectivity index (χ4n) is 1.02. The minimum atomic E-state index is -0.461. The second-order valence-electron chi connectivity index (χ2n) is 2.63. The van der Waals surface area contributed by atoms with E-state index in [1.165, 1.54) is 6.07 Å². The largest absolute Gasteiger partial charge is 0.383 e. The van der Waals surface area contributed by atoms with E-state index >= 15 is 0 Å². The van der Waals surface area contributed by atoms with Crippen LogP contribution in [0.4, 0.5) is 11.4 Å². The molecule has 1 N–H and O–H groups in total. The lowest BCUT2D eigenvalue weighted by Gasteiger charge is -2.04. The summed E-state index contributed by atoms with van der Waals surface area (Å²) in [6, 6.07) is 3.00. The summed E-state index contributed by atoms with van der Waals surface area (Å²) in [5, 5.41) is 13.7. The third-order valence-electron chi connectivity index (χ3n) is 1.74. The van der Waals surface area contributed by atoms with Crippen LogP contribution in [0.3, 0.4) is 0 Å². The first kappa shape index (κ1) is 9.80. The number of hydrogen-bond donors (Lipinski definition) is 1. The normalized spacial score (nSPS) is 9.77. The molecule has 0 radical (unpaired) electrons.